The Kier molecular flexibility index (Phi) is 12.9. The minimum absolute atomic E-state index is 0.181. The van der Waals surface area contributed by atoms with Crippen molar-refractivity contribution in [3.05, 3.63) is 124 Å². The highest BCUT2D eigenvalue weighted by atomic mass is 35.5. The molecule has 0 N–H and O–H groups in total. The first-order valence-electron chi connectivity index (χ1n) is 14.4. The lowest BCUT2D eigenvalue weighted by Gasteiger charge is -2.25. The molecule has 0 spiro atoms. The first-order chi connectivity index (χ1) is 22.0. The van der Waals surface area contributed by atoms with E-state index in [-0.39, 0.29) is 30.4 Å². The molecule has 0 saturated carbocycles. The normalized spacial score (nSPS) is 11.0. The molecular weight excluding hydrogens is 596 g/mol. The van der Waals surface area contributed by atoms with E-state index in [1.54, 1.807) is 27.4 Å². The van der Waals surface area contributed by atoms with Gasteiger partial charge in [-0.1, -0.05) is 84.4 Å². The van der Waals surface area contributed by atoms with Crippen LogP contribution < -0.4 is 18.9 Å². The molecular formula is C36H38ClO8. The van der Waals surface area contributed by atoms with Crippen LogP contribution in [-0.2, 0) is 25.4 Å². The van der Waals surface area contributed by atoms with Crippen LogP contribution >= 0.6 is 11.6 Å². The summed E-state index contributed by atoms with van der Waals surface area (Å²) in [5.41, 5.74) is 2.89. The molecule has 0 aliphatic rings. The first-order valence-corrected chi connectivity index (χ1v) is 14.8. The van der Waals surface area contributed by atoms with Gasteiger partial charge in [0.1, 0.15) is 24.9 Å². The molecule has 0 saturated heterocycles. The van der Waals surface area contributed by atoms with Crippen molar-refractivity contribution >= 4 is 17.6 Å². The van der Waals surface area contributed by atoms with E-state index >= 15 is 0 Å². The Bertz CT molecular complexity index is 1440. The fraction of sp³-hybridized carbons (Fsp3) is 0.278. The van der Waals surface area contributed by atoms with Gasteiger partial charge in [0.15, 0.2) is 17.6 Å². The molecule has 45 heavy (non-hydrogen) atoms. The van der Waals surface area contributed by atoms with E-state index in [0.717, 1.165) is 16.7 Å². The van der Waals surface area contributed by atoms with Crippen LogP contribution in [0.15, 0.2) is 91.0 Å². The molecule has 1 radical (unpaired) electrons. The maximum atomic E-state index is 14.4. The standard InChI is InChI=1S/C36H38ClO8/c1-39-19-21-43-31-24-29(32(37)35(42-4)34(31)44-22-20-40-2)30(23-25-15-17-28(41-3)18-16-25)36(38)45-33(26-11-7-5-8-12-26)27-13-9-6-10-14-27/h5-18,24,33H,19-23H2,1-4H3. The third-order valence-electron chi connectivity index (χ3n) is 6.97. The summed E-state index contributed by atoms with van der Waals surface area (Å²) in [5, 5.41) is 0.181. The summed E-state index contributed by atoms with van der Waals surface area (Å²) in [6.07, 6.45) is -0.468. The molecule has 0 amide bonds. The number of hydrogen-bond donors (Lipinski definition) is 0. The van der Waals surface area contributed by atoms with E-state index in [2.05, 4.69) is 0 Å². The van der Waals surface area contributed by atoms with Gasteiger partial charge >= 0.3 is 5.97 Å². The summed E-state index contributed by atoms with van der Waals surface area (Å²) in [6, 6.07) is 28.3. The Morgan fingerprint density at radius 3 is 1.80 bits per heavy atom. The van der Waals surface area contributed by atoms with Gasteiger partial charge in [0.25, 0.3) is 0 Å². The van der Waals surface area contributed by atoms with E-state index in [1.807, 2.05) is 84.9 Å². The number of carbonyl (C=O) groups is 1. The summed E-state index contributed by atoms with van der Waals surface area (Å²) >= 11 is 7.02. The van der Waals surface area contributed by atoms with E-state index in [4.69, 9.17) is 44.8 Å². The van der Waals surface area contributed by atoms with Gasteiger partial charge in [0.2, 0.25) is 5.75 Å². The SMILES string of the molecule is COCCOc1cc([C](Cc2ccc(OC)cc2)C(=O)OC(c2ccccc2)c2ccccc2)c(Cl)c(OC)c1OCCOC. The average Bonchev–Trinajstić information content (AvgIpc) is 3.08. The average molecular weight is 634 g/mol. The molecule has 0 aliphatic heterocycles. The zero-order valence-electron chi connectivity index (χ0n) is 25.9. The minimum atomic E-state index is -0.666. The third kappa shape index (κ3) is 8.91. The molecule has 9 heteroatoms. The quantitative estimate of drug-likeness (QED) is 0.0917. The van der Waals surface area contributed by atoms with Crippen molar-refractivity contribution in [1.29, 1.82) is 0 Å². The fourth-order valence-corrected chi connectivity index (χ4v) is 5.02. The highest BCUT2D eigenvalue weighted by molar-refractivity contribution is 6.34. The number of hydrogen-bond acceptors (Lipinski definition) is 8. The lowest BCUT2D eigenvalue weighted by molar-refractivity contribution is -0.144. The molecule has 237 valence electrons. The Morgan fingerprint density at radius 1 is 0.689 bits per heavy atom. The Labute approximate surface area is 269 Å². The molecule has 4 aromatic carbocycles. The molecule has 0 fully saturated rings. The van der Waals surface area contributed by atoms with Gasteiger partial charge in [0, 0.05) is 14.2 Å². The van der Waals surface area contributed by atoms with Gasteiger partial charge in [-0.2, -0.15) is 0 Å². The van der Waals surface area contributed by atoms with Gasteiger partial charge in [-0.05, 0) is 46.9 Å². The smallest absolute Gasteiger partial charge is 0.319 e. The minimum Gasteiger partial charge on any atom is -0.497 e. The number of esters is 1. The van der Waals surface area contributed by atoms with Crippen molar-refractivity contribution in [3.63, 3.8) is 0 Å². The zero-order chi connectivity index (χ0) is 32.0. The van der Waals surface area contributed by atoms with Crippen LogP contribution in [0, 0.1) is 5.92 Å². The topological polar surface area (TPSA) is 81.7 Å². The largest absolute Gasteiger partial charge is 0.497 e. The first kappa shape index (κ1) is 33.6. The summed E-state index contributed by atoms with van der Waals surface area (Å²) in [5.74, 6) is 1.30. The highest BCUT2D eigenvalue weighted by Crippen LogP contribution is 2.48. The maximum Gasteiger partial charge on any atom is 0.319 e. The second kappa shape index (κ2) is 17.3. The van der Waals surface area contributed by atoms with Gasteiger partial charge in [-0.15, -0.1) is 0 Å². The Morgan fingerprint density at radius 2 is 1.27 bits per heavy atom. The van der Waals surface area contributed by atoms with Crippen molar-refractivity contribution in [1.82, 2.24) is 0 Å². The summed E-state index contributed by atoms with van der Waals surface area (Å²) in [6.45, 7) is 1.12. The van der Waals surface area contributed by atoms with Crippen molar-refractivity contribution < 1.29 is 38.0 Å². The molecule has 0 bridgehead atoms. The lowest BCUT2D eigenvalue weighted by atomic mass is 9.90. The van der Waals surface area contributed by atoms with Gasteiger partial charge in [-0.25, -0.2) is 0 Å². The zero-order valence-corrected chi connectivity index (χ0v) is 26.7. The molecule has 0 unspecified atom stereocenters. The van der Waals surface area contributed by atoms with Gasteiger partial charge in [0.05, 0.1) is 32.5 Å². The molecule has 0 heterocycles. The van der Waals surface area contributed by atoms with Crippen LogP contribution in [0.1, 0.15) is 28.4 Å². The summed E-state index contributed by atoms with van der Waals surface area (Å²) in [4.78, 5) is 14.4. The number of rotatable bonds is 17. The lowest BCUT2D eigenvalue weighted by Crippen LogP contribution is -2.23. The number of halogens is 1. The van der Waals surface area contributed by atoms with E-state index in [0.29, 0.717) is 41.9 Å². The number of methoxy groups -OCH3 is 4. The van der Waals surface area contributed by atoms with Gasteiger partial charge < -0.3 is 33.2 Å². The van der Waals surface area contributed by atoms with E-state index in [1.165, 1.54) is 7.11 Å². The third-order valence-corrected chi connectivity index (χ3v) is 7.34. The van der Waals surface area contributed by atoms with Crippen molar-refractivity contribution in [2.45, 2.75) is 12.5 Å². The summed E-state index contributed by atoms with van der Waals surface area (Å²) in [7, 11) is 6.25. The van der Waals surface area contributed by atoms with E-state index < -0.39 is 12.1 Å². The molecule has 8 nitrogen and oxygen atoms in total. The number of benzene rings is 4. The molecule has 0 aliphatic carbocycles. The molecule has 0 aromatic heterocycles. The van der Waals surface area contributed by atoms with Crippen molar-refractivity contribution in [3.8, 4) is 23.0 Å². The van der Waals surface area contributed by atoms with Crippen molar-refractivity contribution in [2.24, 2.45) is 0 Å². The highest BCUT2D eigenvalue weighted by Gasteiger charge is 2.33. The van der Waals surface area contributed by atoms with Crippen LogP contribution in [0.3, 0.4) is 0 Å². The summed E-state index contributed by atoms with van der Waals surface area (Å²) < 4.78 is 39.8. The maximum absolute atomic E-state index is 14.4. The molecule has 0 atom stereocenters. The predicted molar refractivity (Wildman–Crippen MR) is 173 cm³/mol. The van der Waals surface area contributed by atoms with Crippen LogP contribution in [0.4, 0.5) is 0 Å². The second-order valence-electron chi connectivity index (χ2n) is 9.89. The van der Waals surface area contributed by atoms with Crippen LogP contribution in [0.25, 0.3) is 0 Å². The monoisotopic (exact) mass is 633 g/mol. The van der Waals surface area contributed by atoms with Crippen LogP contribution in [0.2, 0.25) is 5.02 Å². The second-order valence-corrected chi connectivity index (χ2v) is 10.3. The predicted octanol–water partition coefficient (Wildman–Crippen LogP) is 6.91. The van der Waals surface area contributed by atoms with Crippen LogP contribution in [-0.4, -0.2) is 60.8 Å². The molecule has 4 rings (SSSR count). The Balaban J connectivity index is 1.81. The van der Waals surface area contributed by atoms with E-state index in [9.17, 15) is 4.79 Å². The van der Waals surface area contributed by atoms with Crippen LogP contribution in [0.5, 0.6) is 23.0 Å². The molecule has 4 aromatic rings. The van der Waals surface area contributed by atoms with Gasteiger partial charge in [-0.3, -0.25) is 4.79 Å². The Hall–Kier alpha value is -4.24. The van der Waals surface area contributed by atoms with Crippen molar-refractivity contribution in [2.75, 3.05) is 54.9 Å². The fourth-order valence-electron chi connectivity index (χ4n) is 4.69. The number of carbonyl (C=O) groups excluding carboxylic acids is 1. The number of ether oxygens (including phenoxy) is 7.